The summed E-state index contributed by atoms with van der Waals surface area (Å²) in [7, 11) is 2.08. The Kier molecular flexibility index (Phi) is 5.45. The molecule has 0 radical (unpaired) electrons. The number of fused-ring (bicyclic) bond motifs is 1. The molecular formula is C27H29N7O. The molecule has 0 atom stereocenters. The number of hydrogen-bond acceptors (Lipinski definition) is 7. The average molecular weight is 468 g/mol. The molecule has 1 spiro atoms. The van der Waals surface area contributed by atoms with Crippen LogP contribution < -0.4 is 15.8 Å². The van der Waals surface area contributed by atoms with Crippen LogP contribution in [0.3, 0.4) is 0 Å². The molecule has 8 nitrogen and oxygen atoms in total. The number of aromatic nitrogens is 5. The van der Waals surface area contributed by atoms with E-state index in [4.69, 9.17) is 10.5 Å². The number of nitrogens with zero attached hydrogens (tertiary/aromatic N) is 5. The molecule has 35 heavy (non-hydrogen) atoms. The van der Waals surface area contributed by atoms with Crippen molar-refractivity contribution in [3.63, 3.8) is 0 Å². The van der Waals surface area contributed by atoms with E-state index in [1.54, 1.807) is 24.8 Å². The number of nitrogens with one attached hydrogen (secondary N) is 1. The summed E-state index contributed by atoms with van der Waals surface area (Å²) in [5, 5.41) is 4.41. The smallest absolute Gasteiger partial charge is 0.321 e. The molecule has 1 aromatic carbocycles. The summed E-state index contributed by atoms with van der Waals surface area (Å²) in [5.74, 6) is 1.17. The molecule has 0 saturated carbocycles. The molecule has 0 bridgehead atoms. The van der Waals surface area contributed by atoms with E-state index < -0.39 is 0 Å². The number of anilines is 1. The van der Waals surface area contributed by atoms with Crippen molar-refractivity contribution in [3.05, 3.63) is 60.8 Å². The zero-order chi connectivity index (χ0) is 23.8. The Balaban J connectivity index is 1.42. The lowest BCUT2D eigenvalue weighted by atomic mass is 9.68. The van der Waals surface area contributed by atoms with Crippen molar-refractivity contribution < 1.29 is 4.74 Å². The molecular weight excluding hydrogens is 438 g/mol. The van der Waals surface area contributed by atoms with Crippen LogP contribution in [0.2, 0.25) is 0 Å². The fraction of sp³-hybridized carbons (Fsp3) is 0.333. The topological polar surface area (TPSA) is 104 Å². The van der Waals surface area contributed by atoms with Gasteiger partial charge in [0.1, 0.15) is 23.5 Å². The molecule has 4 aromatic rings. The number of rotatable bonds is 4. The maximum atomic E-state index is 6.42. The van der Waals surface area contributed by atoms with Crippen molar-refractivity contribution in [2.45, 2.75) is 32.1 Å². The SMILES string of the molecule is Cn1c(C2=CCC3(CCNCC3)CC2)c(-c2ccc(Oc3ncccn3)cc2)c2c(N)ncnc21. The standard InChI is InChI=1S/C27H29N7O/c1-34-23(19-7-9-27(10-8-19)11-15-29-16-12-27)21(22-24(28)32-17-33-25(22)34)18-3-5-20(6-4-18)35-26-30-13-2-14-31-26/h2-7,13-14,17,29H,8-12,15-16H2,1H3,(H2,28,32,33). The van der Waals surface area contributed by atoms with E-state index in [-0.39, 0.29) is 0 Å². The fourth-order valence-corrected chi connectivity index (χ4v) is 5.64. The van der Waals surface area contributed by atoms with Gasteiger partial charge in [0.15, 0.2) is 0 Å². The van der Waals surface area contributed by atoms with Crippen LogP contribution in [-0.4, -0.2) is 37.6 Å². The Bertz CT molecular complexity index is 1390. The third-order valence-electron chi connectivity index (χ3n) is 7.57. The second-order valence-corrected chi connectivity index (χ2v) is 9.58. The first-order valence-corrected chi connectivity index (χ1v) is 12.2. The zero-order valence-corrected chi connectivity index (χ0v) is 19.9. The maximum absolute atomic E-state index is 6.42. The molecule has 4 heterocycles. The van der Waals surface area contributed by atoms with Crippen LogP contribution in [-0.2, 0) is 7.05 Å². The zero-order valence-electron chi connectivity index (χ0n) is 19.9. The first-order chi connectivity index (χ1) is 17.1. The number of aryl methyl sites for hydroxylation is 1. The molecule has 3 aromatic heterocycles. The quantitative estimate of drug-likeness (QED) is 0.447. The molecule has 6 rings (SSSR count). The van der Waals surface area contributed by atoms with E-state index >= 15 is 0 Å². The van der Waals surface area contributed by atoms with Crippen molar-refractivity contribution in [2.75, 3.05) is 18.8 Å². The van der Waals surface area contributed by atoms with Gasteiger partial charge in [0, 0.05) is 25.0 Å². The summed E-state index contributed by atoms with van der Waals surface area (Å²) in [6, 6.07) is 10.1. The highest BCUT2D eigenvalue weighted by molar-refractivity contribution is 6.05. The Hall–Kier alpha value is -3.78. The van der Waals surface area contributed by atoms with Gasteiger partial charge >= 0.3 is 6.01 Å². The molecule has 1 fully saturated rings. The highest BCUT2D eigenvalue weighted by Crippen LogP contribution is 2.48. The molecule has 0 amide bonds. The summed E-state index contributed by atoms with van der Waals surface area (Å²) in [5.41, 5.74) is 12.4. The first-order valence-electron chi connectivity index (χ1n) is 12.2. The van der Waals surface area contributed by atoms with Crippen LogP contribution in [0.25, 0.3) is 27.7 Å². The highest BCUT2D eigenvalue weighted by atomic mass is 16.5. The van der Waals surface area contributed by atoms with Crippen LogP contribution >= 0.6 is 0 Å². The van der Waals surface area contributed by atoms with E-state index in [1.807, 2.05) is 12.1 Å². The van der Waals surface area contributed by atoms with Crippen molar-refractivity contribution in [3.8, 4) is 22.9 Å². The summed E-state index contributed by atoms with van der Waals surface area (Å²) < 4.78 is 7.98. The monoisotopic (exact) mass is 467 g/mol. The van der Waals surface area contributed by atoms with Crippen molar-refractivity contribution in [2.24, 2.45) is 12.5 Å². The Labute approximate surface area is 204 Å². The van der Waals surface area contributed by atoms with E-state index in [0.717, 1.165) is 48.1 Å². The van der Waals surface area contributed by atoms with Crippen LogP contribution in [0, 0.1) is 5.41 Å². The summed E-state index contributed by atoms with van der Waals surface area (Å²) in [6.07, 6.45) is 13.2. The number of nitrogen functional groups attached to an aromatic ring is 1. The van der Waals surface area contributed by atoms with Gasteiger partial charge in [-0.15, -0.1) is 0 Å². The number of allylic oxidation sites excluding steroid dienone is 2. The Morgan fingerprint density at radius 2 is 1.77 bits per heavy atom. The van der Waals surface area contributed by atoms with Gasteiger partial charge in [0.05, 0.1) is 11.1 Å². The third-order valence-corrected chi connectivity index (χ3v) is 7.57. The fourth-order valence-electron chi connectivity index (χ4n) is 5.64. The van der Waals surface area contributed by atoms with E-state index in [2.05, 4.69) is 55.1 Å². The number of benzene rings is 1. The molecule has 8 heteroatoms. The van der Waals surface area contributed by atoms with Gasteiger partial charge in [-0.25, -0.2) is 19.9 Å². The van der Waals surface area contributed by atoms with Crippen LogP contribution in [0.1, 0.15) is 37.8 Å². The van der Waals surface area contributed by atoms with E-state index in [0.29, 0.717) is 23.0 Å². The predicted molar refractivity (Wildman–Crippen MR) is 137 cm³/mol. The largest absolute Gasteiger partial charge is 0.424 e. The van der Waals surface area contributed by atoms with E-state index in [9.17, 15) is 0 Å². The molecule has 3 N–H and O–H groups in total. The van der Waals surface area contributed by atoms with Crippen molar-refractivity contribution >= 4 is 22.4 Å². The maximum Gasteiger partial charge on any atom is 0.321 e. The van der Waals surface area contributed by atoms with Crippen molar-refractivity contribution in [1.29, 1.82) is 0 Å². The predicted octanol–water partition coefficient (Wildman–Crippen LogP) is 4.74. The van der Waals surface area contributed by atoms with Gasteiger partial charge in [-0.2, -0.15) is 0 Å². The number of ether oxygens (including phenoxy) is 1. The molecule has 0 unspecified atom stereocenters. The summed E-state index contributed by atoms with van der Waals surface area (Å²) in [4.78, 5) is 17.2. The summed E-state index contributed by atoms with van der Waals surface area (Å²) in [6.45, 7) is 2.24. The number of nitrogens with two attached hydrogens (primary N) is 1. The minimum absolute atomic E-state index is 0.322. The second kappa shape index (κ2) is 8.78. The summed E-state index contributed by atoms with van der Waals surface area (Å²) >= 11 is 0. The van der Waals surface area contributed by atoms with E-state index in [1.165, 1.54) is 30.5 Å². The van der Waals surface area contributed by atoms with Crippen molar-refractivity contribution in [1.82, 2.24) is 29.8 Å². The van der Waals surface area contributed by atoms with Gasteiger partial charge in [0.2, 0.25) is 0 Å². The van der Waals surface area contributed by atoms with Gasteiger partial charge in [-0.05, 0) is 79.9 Å². The second-order valence-electron chi connectivity index (χ2n) is 9.58. The molecule has 1 saturated heterocycles. The minimum Gasteiger partial charge on any atom is -0.424 e. The minimum atomic E-state index is 0.322. The lowest BCUT2D eigenvalue weighted by Gasteiger charge is -2.40. The van der Waals surface area contributed by atoms with Gasteiger partial charge in [-0.1, -0.05) is 18.2 Å². The number of hydrogen-bond donors (Lipinski definition) is 2. The highest BCUT2D eigenvalue weighted by Gasteiger charge is 2.35. The molecule has 1 aliphatic heterocycles. The number of piperidine rings is 1. The van der Waals surface area contributed by atoms with Gasteiger partial charge in [0.25, 0.3) is 0 Å². The average Bonchev–Trinajstić information content (AvgIpc) is 3.20. The van der Waals surface area contributed by atoms with Gasteiger partial charge < -0.3 is 20.4 Å². The molecule has 2 aliphatic rings. The third kappa shape index (κ3) is 3.93. The van der Waals surface area contributed by atoms with Crippen LogP contribution in [0.15, 0.2) is 55.1 Å². The molecule has 178 valence electrons. The van der Waals surface area contributed by atoms with Crippen LogP contribution in [0.4, 0.5) is 5.82 Å². The lowest BCUT2D eigenvalue weighted by Crippen LogP contribution is -2.37. The van der Waals surface area contributed by atoms with Crippen LogP contribution in [0.5, 0.6) is 11.8 Å². The first kappa shape index (κ1) is 21.7. The lowest BCUT2D eigenvalue weighted by molar-refractivity contribution is 0.184. The van der Waals surface area contributed by atoms with Gasteiger partial charge in [-0.3, -0.25) is 0 Å². The molecule has 1 aliphatic carbocycles. The Morgan fingerprint density at radius 3 is 2.49 bits per heavy atom. The Morgan fingerprint density at radius 1 is 1.00 bits per heavy atom. The normalized spacial score (nSPS) is 17.5.